The van der Waals surface area contributed by atoms with E-state index in [0.717, 1.165) is 12.8 Å². The molecule has 7 nitrogen and oxygen atoms in total. The van der Waals surface area contributed by atoms with E-state index in [1.807, 2.05) is 0 Å². The molecule has 3 heterocycles. The second-order valence-corrected chi connectivity index (χ2v) is 10.5. The topological polar surface area (TPSA) is 89.4 Å². The highest BCUT2D eigenvalue weighted by Gasteiger charge is 2.49. The molecule has 3 atom stereocenters. The molecule has 1 spiro atoms. The Morgan fingerprint density at radius 2 is 1.74 bits per heavy atom. The van der Waals surface area contributed by atoms with Gasteiger partial charge in [0.1, 0.15) is 0 Å². The van der Waals surface area contributed by atoms with Gasteiger partial charge in [-0.2, -0.15) is 0 Å². The molecule has 9 heteroatoms. The first-order valence-electron chi connectivity index (χ1n) is 11.2. The first kappa shape index (κ1) is 22.8. The highest BCUT2D eigenvalue weighted by atomic mass is 35.5. The van der Waals surface area contributed by atoms with E-state index >= 15 is 0 Å². The molecule has 0 radical (unpaired) electrons. The maximum absolute atomic E-state index is 13.1. The Morgan fingerprint density at radius 1 is 1.00 bits per heavy atom. The normalized spacial score (nSPS) is 23.8. The van der Waals surface area contributed by atoms with Crippen LogP contribution in [-0.4, -0.2) is 40.7 Å². The number of rotatable bonds is 5. The van der Waals surface area contributed by atoms with Crippen molar-refractivity contribution in [1.29, 1.82) is 0 Å². The molecule has 34 heavy (non-hydrogen) atoms. The van der Waals surface area contributed by atoms with Crippen molar-refractivity contribution in [3.05, 3.63) is 85.9 Å². The number of amides is 2. The smallest absolute Gasteiger partial charge is 0.261 e. The number of benzene rings is 1. The highest BCUT2D eigenvalue weighted by molar-refractivity contribution is 7.18. The third kappa shape index (κ3) is 4.66. The lowest BCUT2D eigenvalue weighted by molar-refractivity contribution is 0.00741. The monoisotopic (exact) mass is 497 g/mol. The Hall–Kier alpha value is -2.94. The van der Waals surface area contributed by atoms with Crippen LogP contribution in [0.3, 0.4) is 0 Å². The van der Waals surface area contributed by atoms with Crippen molar-refractivity contribution in [3.63, 3.8) is 0 Å². The van der Waals surface area contributed by atoms with Crippen LogP contribution in [-0.2, 0) is 4.74 Å². The Morgan fingerprint density at radius 3 is 2.35 bits per heavy atom. The summed E-state index contributed by atoms with van der Waals surface area (Å²) in [4.78, 5) is 38.4. The van der Waals surface area contributed by atoms with E-state index in [9.17, 15) is 14.4 Å². The summed E-state index contributed by atoms with van der Waals surface area (Å²) in [5.74, 6) is -0.431. The minimum absolute atomic E-state index is 0.141. The summed E-state index contributed by atoms with van der Waals surface area (Å²) in [7, 11) is 0. The van der Waals surface area contributed by atoms with Gasteiger partial charge in [0.15, 0.2) is 0 Å². The lowest BCUT2D eigenvalue weighted by Crippen LogP contribution is -2.48. The van der Waals surface area contributed by atoms with E-state index in [4.69, 9.17) is 16.3 Å². The number of nitrogens with one attached hydrogen (secondary N) is 2. The van der Waals surface area contributed by atoms with Crippen molar-refractivity contribution < 1.29 is 14.3 Å². The lowest BCUT2D eigenvalue weighted by Gasteiger charge is -2.22. The second-order valence-electron chi connectivity index (χ2n) is 8.76. The number of carbonyl (C=O) groups is 2. The molecule has 1 aliphatic carbocycles. The molecule has 0 bridgehead atoms. The number of halogens is 1. The molecule has 1 aromatic carbocycles. The molecular weight excluding hydrogens is 474 g/mol. The van der Waals surface area contributed by atoms with Crippen molar-refractivity contribution in [2.24, 2.45) is 0 Å². The fraction of sp³-hybridized carbons (Fsp3) is 0.320. The van der Waals surface area contributed by atoms with E-state index in [2.05, 4.69) is 10.6 Å². The number of pyridine rings is 1. The maximum Gasteiger partial charge on any atom is 0.261 e. The summed E-state index contributed by atoms with van der Waals surface area (Å²) in [5, 5.41) is 6.19. The molecule has 1 aliphatic heterocycles. The summed E-state index contributed by atoms with van der Waals surface area (Å²) in [6.07, 6.45) is 4.87. The predicted octanol–water partition coefficient (Wildman–Crippen LogP) is 3.79. The van der Waals surface area contributed by atoms with E-state index in [-0.39, 0.29) is 35.1 Å². The average molecular weight is 498 g/mol. The van der Waals surface area contributed by atoms with E-state index < -0.39 is 0 Å². The summed E-state index contributed by atoms with van der Waals surface area (Å²) >= 11 is 7.21. The van der Waals surface area contributed by atoms with E-state index in [0.29, 0.717) is 39.9 Å². The van der Waals surface area contributed by atoms with Crippen LogP contribution < -0.4 is 16.2 Å². The number of carbonyl (C=O) groups excluding carboxylic acids is 2. The molecule has 2 amide bonds. The van der Waals surface area contributed by atoms with Crippen molar-refractivity contribution in [3.8, 4) is 5.69 Å². The molecule has 3 aromatic rings. The number of hydrogen-bond acceptors (Lipinski definition) is 5. The van der Waals surface area contributed by atoms with Crippen molar-refractivity contribution in [2.75, 3.05) is 6.61 Å². The lowest BCUT2D eigenvalue weighted by atomic mass is 9.98. The Bertz CT molecular complexity index is 1260. The van der Waals surface area contributed by atoms with Gasteiger partial charge >= 0.3 is 0 Å². The van der Waals surface area contributed by atoms with Gasteiger partial charge in [-0.25, -0.2) is 0 Å². The predicted molar refractivity (Wildman–Crippen MR) is 131 cm³/mol. The zero-order valence-electron chi connectivity index (χ0n) is 18.3. The molecule has 2 aromatic heterocycles. The SMILES string of the molecule is O=C(N[C@H]1CC2(CCCO2)C[C@H]1NC(=O)c1ccc(Cl)s1)c1ccc(-n2ccccc2=O)cc1. The fourth-order valence-electron chi connectivity index (χ4n) is 4.89. The van der Waals surface area contributed by atoms with Crippen LogP contribution >= 0.6 is 22.9 Å². The third-order valence-electron chi connectivity index (χ3n) is 6.51. The summed E-state index contributed by atoms with van der Waals surface area (Å²) in [5.41, 5.74) is 0.705. The molecule has 176 valence electrons. The molecule has 1 saturated carbocycles. The van der Waals surface area contributed by atoms with Gasteiger partial charge in [0.05, 0.1) is 26.9 Å². The number of nitrogens with zero attached hydrogens (tertiary/aromatic N) is 1. The largest absolute Gasteiger partial charge is 0.375 e. The Balaban J connectivity index is 1.31. The molecular formula is C25H24ClN3O4S. The standard InChI is InChI=1S/C25H24ClN3O4S/c26-21-10-9-20(34-21)24(32)28-19-15-25(11-3-13-33-25)14-18(19)27-23(31)16-5-7-17(8-6-16)29-12-2-1-4-22(29)30/h1-2,4-10,12,18-19H,3,11,13-15H2,(H,27,31)(H,28,32)/t18-,19+,25?/m0/s1. The van der Waals surface area contributed by atoms with E-state index in [1.165, 1.54) is 22.0 Å². The van der Waals surface area contributed by atoms with Gasteiger partial charge in [0.2, 0.25) is 0 Å². The zero-order valence-corrected chi connectivity index (χ0v) is 19.9. The van der Waals surface area contributed by atoms with Gasteiger partial charge in [-0.1, -0.05) is 17.7 Å². The number of ether oxygens (including phenoxy) is 1. The first-order valence-corrected chi connectivity index (χ1v) is 12.4. The van der Waals surface area contributed by atoms with Gasteiger partial charge in [-0.15, -0.1) is 11.3 Å². The fourth-order valence-corrected chi connectivity index (χ4v) is 5.84. The van der Waals surface area contributed by atoms with Crippen molar-refractivity contribution >= 4 is 34.8 Å². The summed E-state index contributed by atoms with van der Waals surface area (Å²) < 4.78 is 8.13. The molecule has 1 saturated heterocycles. The molecule has 2 aliphatic rings. The average Bonchev–Trinajstić information content (AvgIpc) is 3.55. The summed E-state index contributed by atoms with van der Waals surface area (Å²) in [6, 6.07) is 14.7. The third-order valence-corrected chi connectivity index (χ3v) is 7.74. The van der Waals surface area contributed by atoms with Gasteiger partial charge in [-0.3, -0.25) is 19.0 Å². The quantitative estimate of drug-likeness (QED) is 0.561. The van der Waals surface area contributed by atoms with E-state index in [1.54, 1.807) is 54.7 Å². The molecule has 2 N–H and O–H groups in total. The van der Waals surface area contributed by atoms with Crippen molar-refractivity contribution in [1.82, 2.24) is 15.2 Å². The van der Waals surface area contributed by atoms with Gasteiger partial charge in [0, 0.05) is 30.1 Å². The van der Waals surface area contributed by atoms with Crippen LogP contribution in [0.1, 0.15) is 45.7 Å². The van der Waals surface area contributed by atoms with Crippen molar-refractivity contribution in [2.45, 2.75) is 43.4 Å². The second kappa shape index (κ2) is 9.37. The minimum Gasteiger partial charge on any atom is -0.375 e. The number of thiophene rings is 1. The molecule has 5 rings (SSSR count). The van der Waals surface area contributed by atoms with Crippen LogP contribution in [0, 0.1) is 0 Å². The van der Waals surface area contributed by atoms with Crippen LogP contribution in [0.4, 0.5) is 0 Å². The first-order chi connectivity index (χ1) is 16.4. The van der Waals surface area contributed by atoms with Crippen LogP contribution in [0.25, 0.3) is 5.69 Å². The van der Waals surface area contributed by atoms with Gasteiger partial charge < -0.3 is 15.4 Å². The summed E-state index contributed by atoms with van der Waals surface area (Å²) in [6.45, 7) is 0.697. The van der Waals surface area contributed by atoms with Gasteiger partial charge in [0.25, 0.3) is 17.4 Å². The maximum atomic E-state index is 13.1. The van der Waals surface area contributed by atoms with Crippen LogP contribution in [0.5, 0.6) is 0 Å². The Labute approximate surface area is 205 Å². The van der Waals surface area contributed by atoms with Crippen LogP contribution in [0.2, 0.25) is 4.34 Å². The van der Waals surface area contributed by atoms with Crippen LogP contribution in [0.15, 0.2) is 65.6 Å². The highest BCUT2D eigenvalue weighted by Crippen LogP contribution is 2.41. The zero-order chi connectivity index (χ0) is 23.7. The van der Waals surface area contributed by atoms with Gasteiger partial charge in [-0.05, 0) is 68.1 Å². The Kier molecular flexibility index (Phi) is 6.29. The number of hydrogen-bond donors (Lipinski definition) is 2. The number of aromatic nitrogens is 1. The molecule has 2 fully saturated rings. The minimum atomic E-state index is -0.318. The molecule has 1 unspecified atom stereocenters.